The van der Waals surface area contributed by atoms with Crippen molar-refractivity contribution in [1.29, 1.82) is 0 Å². The molecule has 0 fully saturated rings. The minimum atomic E-state index is 0.810. The van der Waals surface area contributed by atoms with Gasteiger partial charge >= 0.3 is 0 Å². The second-order valence-electron chi connectivity index (χ2n) is 6.27. The van der Waals surface area contributed by atoms with E-state index in [4.69, 9.17) is 5.73 Å². The summed E-state index contributed by atoms with van der Waals surface area (Å²) in [5.74, 6) is 0.810. The number of hydrogen-bond donors (Lipinski definition) is 2. The van der Waals surface area contributed by atoms with Crippen LogP contribution < -0.4 is 11.1 Å². The van der Waals surface area contributed by atoms with Crippen molar-refractivity contribution in [2.24, 2.45) is 5.73 Å². The predicted molar refractivity (Wildman–Crippen MR) is 96.3 cm³/mol. The molecule has 0 rings (SSSR count). The number of hydrogen-bond acceptors (Lipinski definition) is 2. The summed E-state index contributed by atoms with van der Waals surface area (Å²) >= 11 is 0. The lowest BCUT2D eigenvalue weighted by Crippen LogP contribution is -2.20. The van der Waals surface area contributed by atoms with Crippen LogP contribution in [0.1, 0.15) is 104 Å². The average Bonchev–Trinajstić information content (AvgIpc) is 2.50. The van der Waals surface area contributed by atoms with Crippen LogP contribution in [0.2, 0.25) is 0 Å². The molecule has 0 aromatic heterocycles. The Labute approximate surface area is 134 Å². The maximum atomic E-state index is 5.68. The predicted octanol–water partition coefficient (Wildman–Crippen LogP) is 5.88. The molecule has 0 spiro atoms. The lowest BCUT2D eigenvalue weighted by molar-refractivity contribution is 0.533. The Kier molecular flexibility index (Phi) is 16.8. The van der Waals surface area contributed by atoms with Crippen LogP contribution in [0, 0.1) is 0 Å². The minimum Gasteiger partial charge on any atom is -0.386 e. The Morgan fingerprint density at radius 1 is 0.714 bits per heavy atom. The van der Waals surface area contributed by atoms with Crippen LogP contribution >= 0.6 is 0 Å². The van der Waals surface area contributed by atoms with E-state index in [-0.39, 0.29) is 0 Å². The van der Waals surface area contributed by atoms with Crippen molar-refractivity contribution >= 4 is 0 Å². The summed E-state index contributed by atoms with van der Waals surface area (Å²) in [4.78, 5) is 0. The summed E-state index contributed by atoms with van der Waals surface area (Å²) in [6, 6.07) is 0. The topological polar surface area (TPSA) is 38.0 Å². The molecule has 0 heterocycles. The molecule has 126 valence electrons. The van der Waals surface area contributed by atoms with Crippen molar-refractivity contribution < 1.29 is 0 Å². The van der Waals surface area contributed by atoms with Crippen LogP contribution in [0.3, 0.4) is 0 Å². The van der Waals surface area contributed by atoms with E-state index in [1.165, 1.54) is 89.9 Å². The molecule has 21 heavy (non-hydrogen) atoms. The number of rotatable bonds is 16. The standard InChI is InChI=1S/C19H40N2/c1-3-5-6-7-8-9-10-11-12-13-14-15-16-17-18-21-19(20)4-2/h4,21H,3,5-18,20H2,1-2H3. The average molecular weight is 297 g/mol. The number of nitrogens with two attached hydrogens (primary N) is 1. The van der Waals surface area contributed by atoms with Gasteiger partial charge in [-0.15, -0.1) is 0 Å². The zero-order valence-electron chi connectivity index (χ0n) is 14.8. The maximum Gasteiger partial charge on any atom is 0.0916 e. The fraction of sp³-hybridized carbons (Fsp3) is 0.895. The smallest absolute Gasteiger partial charge is 0.0916 e. The third kappa shape index (κ3) is 17.3. The first-order valence-electron chi connectivity index (χ1n) is 9.47. The molecule has 0 bridgehead atoms. The van der Waals surface area contributed by atoms with E-state index < -0.39 is 0 Å². The van der Waals surface area contributed by atoms with Gasteiger partial charge in [-0.3, -0.25) is 0 Å². The SMILES string of the molecule is CC=C(N)NCCCCCCCCCCCCCCCC. The van der Waals surface area contributed by atoms with Crippen LogP contribution in [0.25, 0.3) is 0 Å². The van der Waals surface area contributed by atoms with E-state index in [0.29, 0.717) is 0 Å². The van der Waals surface area contributed by atoms with Crippen LogP contribution in [0.4, 0.5) is 0 Å². The summed E-state index contributed by atoms with van der Waals surface area (Å²) < 4.78 is 0. The van der Waals surface area contributed by atoms with Crippen molar-refractivity contribution in [2.75, 3.05) is 6.54 Å². The Morgan fingerprint density at radius 2 is 1.10 bits per heavy atom. The van der Waals surface area contributed by atoms with Gasteiger partial charge in [0.15, 0.2) is 0 Å². The van der Waals surface area contributed by atoms with Gasteiger partial charge in [0.1, 0.15) is 0 Å². The highest BCUT2D eigenvalue weighted by molar-refractivity contribution is 4.90. The summed E-state index contributed by atoms with van der Waals surface area (Å²) in [5, 5.41) is 3.21. The van der Waals surface area contributed by atoms with Crippen molar-refractivity contribution in [3.05, 3.63) is 11.9 Å². The molecule has 0 saturated heterocycles. The van der Waals surface area contributed by atoms with E-state index >= 15 is 0 Å². The number of allylic oxidation sites excluding steroid dienone is 1. The van der Waals surface area contributed by atoms with Crippen LogP contribution in [0.15, 0.2) is 11.9 Å². The zero-order chi connectivity index (χ0) is 15.6. The quantitative estimate of drug-likeness (QED) is 0.349. The summed E-state index contributed by atoms with van der Waals surface area (Å²) in [5.41, 5.74) is 5.68. The first kappa shape index (κ1) is 20.3. The van der Waals surface area contributed by atoms with Crippen molar-refractivity contribution in [3.63, 3.8) is 0 Å². The highest BCUT2D eigenvalue weighted by atomic mass is 15.0. The van der Waals surface area contributed by atoms with Gasteiger partial charge in [0.2, 0.25) is 0 Å². The fourth-order valence-corrected chi connectivity index (χ4v) is 2.65. The summed E-state index contributed by atoms with van der Waals surface area (Å²) in [6.07, 6.45) is 21.7. The van der Waals surface area contributed by atoms with E-state index in [2.05, 4.69) is 12.2 Å². The van der Waals surface area contributed by atoms with E-state index in [1.54, 1.807) is 0 Å². The minimum absolute atomic E-state index is 0.810. The van der Waals surface area contributed by atoms with Crippen molar-refractivity contribution in [3.8, 4) is 0 Å². The third-order valence-electron chi connectivity index (χ3n) is 4.17. The molecule has 0 atom stereocenters. The first-order valence-corrected chi connectivity index (χ1v) is 9.47. The monoisotopic (exact) mass is 296 g/mol. The molecule has 0 aromatic carbocycles. The molecular weight excluding hydrogens is 256 g/mol. The van der Waals surface area contributed by atoms with Gasteiger partial charge in [-0.25, -0.2) is 0 Å². The number of unbranched alkanes of at least 4 members (excludes halogenated alkanes) is 13. The Hall–Kier alpha value is -0.660. The Morgan fingerprint density at radius 3 is 1.48 bits per heavy atom. The molecule has 3 N–H and O–H groups in total. The Bertz CT molecular complexity index is 224. The van der Waals surface area contributed by atoms with Gasteiger partial charge in [0.25, 0.3) is 0 Å². The molecule has 2 heteroatoms. The van der Waals surface area contributed by atoms with Crippen LogP contribution in [-0.2, 0) is 0 Å². The van der Waals surface area contributed by atoms with Crippen LogP contribution in [0.5, 0.6) is 0 Å². The lowest BCUT2D eigenvalue weighted by Gasteiger charge is -2.05. The normalized spacial score (nSPS) is 11.8. The Balaban J connectivity index is 2.99. The molecule has 0 unspecified atom stereocenters. The highest BCUT2D eigenvalue weighted by Crippen LogP contribution is 2.12. The van der Waals surface area contributed by atoms with Gasteiger partial charge in [0.05, 0.1) is 5.82 Å². The van der Waals surface area contributed by atoms with Crippen molar-refractivity contribution in [1.82, 2.24) is 5.32 Å². The largest absolute Gasteiger partial charge is 0.386 e. The van der Waals surface area contributed by atoms with Crippen molar-refractivity contribution in [2.45, 2.75) is 104 Å². The van der Waals surface area contributed by atoms with E-state index in [9.17, 15) is 0 Å². The fourth-order valence-electron chi connectivity index (χ4n) is 2.65. The molecule has 0 amide bonds. The zero-order valence-corrected chi connectivity index (χ0v) is 14.8. The molecule has 0 aliphatic carbocycles. The van der Waals surface area contributed by atoms with E-state index in [0.717, 1.165) is 12.4 Å². The van der Waals surface area contributed by atoms with Gasteiger partial charge in [-0.1, -0.05) is 90.4 Å². The molecule has 2 nitrogen and oxygen atoms in total. The second kappa shape index (κ2) is 17.4. The first-order chi connectivity index (χ1) is 10.3. The van der Waals surface area contributed by atoms with Gasteiger partial charge in [-0.2, -0.15) is 0 Å². The van der Waals surface area contributed by atoms with Crippen LogP contribution in [-0.4, -0.2) is 6.54 Å². The summed E-state index contributed by atoms with van der Waals surface area (Å²) in [7, 11) is 0. The number of nitrogens with one attached hydrogen (secondary N) is 1. The second-order valence-corrected chi connectivity index (χ2v) is 6.27. The highest BCUT2D eigenvalue weighted by Gasteiger charge is 1.94. The van der Waals surface area contributed by atoms with Gasteiger partial charge in [-0.05, 0) is 19.4 Å². The van der Waals surface area contributed by atoms with Gasteiger partial charge < -0.3 is 11.1 Å². The summed E-state index contributed by atoms with van der Waals surface area (Å²) in [6.45, 7) is 5.27. The molecule has 0 aliphatic rings. The molecule has 0 aromatic rings. The third-order valence-corrected chi connectivity index (χ3v) is 4.17. The molecular formula is C19H40N2. The lowest BCUT2D eigenvalue weighted by atomic mass is 10.0. The molecule has 0 radical (unpaired) electrons. The molecule has 0 aliphatic heterocycles. The maximum absolute atomic E-state index is 5.68. The van der Waals surface area contributed by atoms with E-state index in [1.807, 2.05) is 13.0 Å². The molecule has 0 saturated carbocycles. The van der Waals surface area contributed by atoms with Gasteiger partial charge in [0, 0.05) is 6.54 Å².